The smallest absolute Gasteiger partial charge is 0.0950 e. The molecule has 0 radical (unpaired) electrons. The Hall–Kier alpha value is -1.64. The lowest BCUT2D eigenvalue weighted by atomic mass is 9.95. The molecule has 2 heteroatoms. The van der Waals surface area contributed by atoms with E-state index in [1.807, 2.05) is 0 Å². The normalized spacial score (nSPS) is 19.0. The monoisotopic (exact) mass is 267 g/mol. The van der Waals surface area contributed by atoms with Gasteiger partial charge in [0.05, 0.1) is 12.7 Å². The number of aryl methyl sites for hydroxylation is 1. The molecule has 3 rings (SSSR count). The molecule has 0 aromatic heterocycles. The lowest BCUT2D eigenvalue weighted by Gasteiger charge is -2.24. The minimum absolute atomic E-state index is 0.175. The molecular formula is C18H21NO. The number of ether oxygens (including phenoxy) is 1. The van der Waals surface area contributed by atoms with E-state index in [0.717, 1.165) is 19.7 Å². The molecule has 0 spiro atoms. The Balaban J connectivity index is 1.96. The molecule has 1 heterocycles. The van der Waals surface area contributed by atoms with E-state index in [0.29, 0.717) is 0 Å². The van der Waals surface area contributed by atoms with Crippen LogP contribution in [0, 0.1) is 13.8 Å². The SMILES string of the molecule is Cc1cccc(-c2cccc(C3CNCCO3)c2)c1C. The summed E-state index contributed by atoms with van der Waals surface area (Å²) in [5.74, 6) is 0. The molecule has 1 aliphatic heterocycles. The second kappa shape index (κ2) is 5.78. The third-order valence-electron chi connectivity index (χ3n) is 4.10. The summed E-state index contributed by atoms with van der Waals surface area (Å²) < 4.78 is 5.85. The molecule has 1 saturated heterocycles. The van der Waals surface area contributed by atoms with Crippen LogP contribution >= 0.6 is 0 Å². The molecule has 1 N–H and O–H groups in total. The van der Waals surface area contributed by atoms with Gasteiger partial charge >= 0.3 is 0 Å². The van der Waals surface area contributed by atoms with Gasteiger partial charge in [0.2, 0.25) is 0 Å². The zero-order valence-electron chi connectivity index (χ0n) is 12.1. The van der Waals surface area contributed by atoms with Gasteiger partial charge in [-0.15, -0.1) is 0 Å². The maximum Gasteiger partial charge on any atom is 0.0950 e. The van der Waals surface area contributed by atoms with Gasteiger partial charge in [-0.1, -0.05) is 36.4 Å². The van der Waals surface area contributed by atoms with Crippen LogP contribution in [0.4, 0.5) is 0 Å². The lowest BCUT2D eigenvalue weighted by molar-refractivity contribution is 0.0277. The molecule has 104 valence electrons. The van der Waals surface area contributed by atoms with E-state index in [2.05, 4.69) is 61.6 Å². The van der Waals surface area contributed by atoms with Gasteiger partial charge in [0, 0.05) is 13.1 Å². The van der Waals surface area contributed by atoms with Crippen LogP contribution in [0.3, 0.4) is 0 Å². The Morgan fingerprint density at radius 3 is 2.75 bits per heavy atom. The minimum atomic E-state index is 0.175. The molecule has 2 aromatic rings. The Morgan fingerprint density at radius 2 is 1.95 bits per heavy atom. The van der Waals surface area contributed by atoms with Crippen LogP contribution in [0.5, 0.6) is 0 Å². The van der Waals surface area contributed by atoms with Crippen LogP contribution in [0.2, 0.25) is 0 Å². The van der Waals surface area contributed by atoms with Crippen molar-refractivity contribution in [2.75, 3.05) is 19.7 Å². The molecule has 1 unspecified atom stereocenters. The Bertz CT molecular complexity index is 600. The maximum absolute atomic E-state index is 5.85. The topological polar surface area (TPSA) is 21.3 Å². The molecule has 1 aliphatic rings. The van der Waals surface area contributed by atoms with E-state index in [-0.39, 0.29) is 6.10 Å². The fourth-order valence-electron chi connectivity index (χ4n) is 2.75. The standard InChI is InChI=1S/C18H21NO/c1-13-5-3-8-17(14(13)2)15-6-4-7-16(11-15)18-12-19-9-10-20-18/h3-8,11,18-19H,9-10,12H2,1-2H3. The highest BCUT2D eigenvalue weighted by Gasteiger charge is 2.16. The summed E-state index contributed by atoms with van der Waals surface area (Å²) >= 11 is 0. The van der Waals surface area contributed by atoms with Crippen LogP contribution in [0.1, 0.15) is 22.8 Å². The van der Waals surface area contributed by atoms with E-state index in [1.54, 1.807) is 0 Å². The van der Waals surface area contributed by atoms with E-state index in [1.165, 1.54) is 27.8 Å². The number of hydrogen-bond donors (Lipinski definition) is 1. The van der Waals surface area contributed by atoms with Gasteiger partial charge in [-0.2, -0.15) is 0 Å². The van der Waals surface area contributed by atoms with Gasteiger partial charge in [0.15, 0.2) is 0 Å². The summed E-state index contributed by atoms with van der Waals surface area (Å²) in [4.78, 5) is 0. The quantitative estimate of drug-likeness (QED) is 0.897. The van der Waals surface area contributed by atoms with Crippen molar-refractivity contribution in [3.8, 4) is 11.1 Å². The lowest BCUT2D eigenvalue weighted by Crippen LogP contribution is -2.33. The van der Waals surface area contributed by atoms with Crippen molar-refractivity contribution < 1.29 is 4.74 Å². The van der Waals surface area contributed by atoms with Gasteiger partial charge in [0.25, 0.3) is 0 Å². The predicted molar refractivity (Wildman–Crippen MR) is 82.9 cm³/mol. The van der Waals surface area contributed by atoms with E-state index in [4.69, 9.17) is 4.74 Å². The highest BCUT2D eigenvalue weighted by Crippen LogP contribution is 2.28. The number of benzene rings is 2. The van der Waals surface area contributed by atoms with Crippen LogP contribution < -0.4 is 5.32 Å². The van der Waals surface area contributed by atoms with E-state index < -0.39 is 0 Å². The van der Waals surface area contributed by atoms with Crippen molar-refractivity contribution in [1.82, 2.24) is 5.32 Å². The first-order chi connectivity index (χ1) is 9.75. The average Bonchev–Trinajstić information content (AvgIpc) is 2.51. The Morgan fingerprint density at radius 1 is 1.10 bits per heavy atom. The number of hydrogen-bond acceptors (Lipinski definition) is 2. The fourth-order valence-corrected chi connectivity index (χ4v) is 2.75. The maximum atomic E-state index is 5.85. The summed E-state index contributed by atoms with van der Waals surface area (Å²) in [6.07, 6.45) is 0.175. The summed E-state index contributed by atoms with van der Waals surface area (Å²) in [6, 6.07) is 15.2. The van der Waals surface area contributed by atoms with Crippen LogP contribution in [-0.2, 0) is 4.74 Å². The van der Waals surface area contributed by atoms with Crippen molar-refractivity contribution in [2.24, 2.45) is 0 Å². The second-order valence-corrected chi connectivity index (χ2v) is 5.44. The molecular weight excluding hydrogens is 246 g/mol. The molecule has 1 atom stereocenters. The number of morpholine rings is 1. The predicted octanol–water partition coefficient (Wildman–Crippen LogP) is 3.63. The highest BCUT2D eigenvalue weighted by molar-refractivity contribution is 5.69. The summed E-state index contributed by atoms with van der Waals surface area (Å²) in [5, 5.41) is 3.39. The number of nitrogens with one attached hydrogen (secondary N) is 1. The van der Waals surface area contributed by atoms with Crippen molar-refractivity contribution in [1.29, 1.82) is 0 Å². The second-order valence-electron chi connectivity index (χ2n) is 5.44. The third kappa shape index (κ3) is 2.62. The Labute approximate surface area is 120 Å². The highest BCUT2D eigenvalue weighted by atomic mass is 16.5. The molecule has 0 amide bonds. The third-order valence-corrected chi connectivity index (χ3v) is 4.10. The van der Waals surface area contributed by atoms with Gasteiger partial charge in [-0.3, -0.25) is 0 Å². The van der Waals surface area contributed by atoms with Gasteiger partial charge in [0.1, 0.15) is 0 Å². The Kier molecular flexibility index (Phi) is 3.86. The first-order valence-corrected chi connectivity index (χ1v) is 7.24. The van der Waals surface area contributed by atoms with Gasteiger partial charge in [-0.05, 0) is 47.7 Å². The van der Waals surface area contributed by atoms with Crippen LogP contribution in [-0.4, -0.2) is 19.7 Å². The first-order valence-electron chi connectivity index (χ1n) is 7.24. The molecule has 1 fully saturated rings. The van der Waals surface area contributed by atoms with Crippen molar-refractivity contribution >= 4 is 0 Å². The molecule has 2 aromatic carbocycles. The largest absolute Gasteiger partial charge is 0.371 e. The first kappa shape index (κ1) is 13.3. The number of rotatable bonds is 2. The van der Waals surface area contributed by atoms with E-state index in [9.17, 15) is 0 Å². The molecule has 0 saturated carbocycles. The average molecular weight is 267 g/mol. The van der Waals surface area contributed by atoms with E-state index >= 15 is 0 Å². The van der Waals surface area contributed by atoms with Crippen LogP contribution in [0.15, 0.2) is 42.5 Å². The summed E-state index contributed by atoms with van der Waals surface area (Å²) in [5.41, 5.74) is 6.54. The van der Waals surface area contributed by atoms with Gasteiger partial charge < -0.3 is 10.1 Å². The minimum Gasteiger partial charge on any atom is -0.371 e. The molecule has 0 aliphatic carbocycles. The molecule has 2 nitrogen and oxygen atoms in total. The zero-order valence-corrected chi connectivity index (χ0v) is 12.1. The van der Waals surface area contributed by atoms with Gasteiger partial charge in [-0.25, -0.2) is 0 Å². The van der Waals surface area contributed by atoms with Crippen molar-refractivity contribution in [3.05, 3.63) is 59.2 Å². The molecule has 20 heavy (non-hydrogen) atoms. The molecule has 0 bridgehead atoms. The fraction of sp³-hybridized carbons (Fsp3) is 0.333. The van der Waals surface area contributed by atoms with Crippen molar-refractivity contribution in [2.45, 2.75) is 20.0 Å². The zero-order chi connectivity index (χ0) is 13.9. The van der Waals surface area contributed by atoms with Crippen molar-refractivity contribution in [3.63, 3.8) is 0 Å². The summed E-state index contributed by atoms with van der Waals surface area (Å²) in [7, 11) is 0. The van der Waals surface area contributed by atoms with Crippen LogP contribution in [0.25, 0.3) is 11.1 Å². The summed E-state index contributed by atoms with van der Waals surface area (Å²) in [6.45, 7) is 6.99.